The van der Waals surface area contributed by atoms with E-state index in [2.05, 4.69) is 37.6 Å². The standard InChI is InChI=1S/C14H16IN3O2S/c1-2-8-17-13-7-9-16-10-14(13)21(19,20)18-12-6-4-3-5-11(12)15/h3-7,9-10,18H,2,8H2,1H3,(H,16,17). The number of anilines is 2. The number of halogens is 1. The fourth-order valence-electron chi connectivity index (χ4n) is 1.74. The second-order valence-electron chi connectivity index (χ2n) is 4.38. The Morgan fingerprint density at radius 3 is 2.67 bits per heavy atom. The van der Waals surface area contributed by atoms with Crippen LogP contribution in [0.1, 0.15) is 13.3 Å². The van der Waals surface area contributed by atoms with Crippen LogP contribution in [0.3, 0.4) is 0 Å². The van der Waals surface area contributed by atoms with Gasteiger partial charge in [0, 0.05) is 22.5 Å². The number of nitrogens with one attached hydrogen (secondary N) is 2. The Labute approximate surface area is 138 Å². The number of hydrogen-bond donors (Lipinski definition) is 2. The van der Waals surface area contributed by atoms with Gasteiger partial charge in [-0.25, -0.2) is 8.42 Å². The van der Waals surface area contributed by atoms with Gasteiger partial charge < -0.3 is 5.32 Å². The van der Waals surface area contributed by atoms with Crippen molar-refractivity contribution in [2.24, 2.45) is 0 Å². The second kappa shape index (κ2) is 7.08. The number of para-hydroxylation sites is 1. The molecule has 0 fully saturated rings. The van der Waals surface area contributed by atoms with E-state index in [4.69, 9.17) is 0 Å². The molecule has 0 spiro atoms. The predicted molar refractivity (Wildman–Crippen MR) is 93.0 cm³/mol. The maximum atomic E-state index is 12.5. The molecule has 2 N–H and O–H groups in total. The molecule has 0 aliphatic carbocycles. The van der Waals surface area contributed by atoms with Crippen molar-refractivity contribution in [2.45, 2.75) is 18.2 Å². The molecule has 0 saturated carbocycles. The average Bonchev–Trinajstić information content (AvgIpc) is 2.47. The minimum absolute atomic E-state index is 0.151. The van der Waals surface area contributed by atoms with Gasteiger partial charge in [0.2, 0.25) is 0 Å². The summed E-state index contributed by atoms with van der Waals surface area (Å²) in [6.45, 7) is 2.72. The Balaban J connectivity index is 2.34. The molecule has 0 saturated heterocycles. The molecule has 112 valence electrons. The van der Waals surface area contributed by atoms with E-state index in [9.17, 15) is 8.42 Å². The Morgan fingerprint density at radius 2 is 1.95 bits per heavy atom. The van der Waals surface area contributed by atoms with Crippen molar-refractivity contribution in [3.05, 3.63) is 46.3 Å². The summed E-state index contributed by atoms with van der Waals surface area (Å²) >= 11 is 2.09. The molecule has 5 nitrogen and oxygen atoms in total. The third kappa shape index (κ3) is 4.07. The summed E-state index contributed by atoms with van der Waals surface area (Å²) in [5.74, 6) is 0. The van der Waals surface area contributed by atoms with Crippen LogP contribution in [0.2, 0.25) is 0 Å². The normalized spacial score (nSPS) is 11.1. The molecule has 2 aromatic rings. The molecule has 21 heavy (non-hydrogen) atoms. The van der Waals surface area contributed by atoms with Crippen molar-refractivity contribution < 1.29 is 8.42 Å². The lowest BCUT2D eigenvalue weighted by molar-refractivity contribution is 0.601. The summed E-state index contributed by atoms with van der Waals surface area (Å²) in [5.41, 5.74) is 1.12. The number of sulfonamides is 1. The molecule has 0 radical (unpaired) electrons. The Morgan fingerprint density at radius 1 is 1.19 bits per heavy atom. The van der Waals surface area contributed by atoms with Gasteiger partial charge in [-0.2, -0.15) is 0 Å². The molecular weight excluding hydrogens is 401 g/mol. The van der Waals surface area contributed by atoms with Crippen LogP contribution in [0, 0.1) is 3.57 Å². The monoisotopic (exact) mass is 417 g/mol. The Hall–Kier alpha value is -1.35. The molecule has 0 aliphatic heterocycles. The molecule has 1 aromatic heterocycles. The molecule has 7 heteroatoms. The molecule has 1 heterocycles. The topological polar surface area (TPSA) is 71.1 Å². The third-order valence-electron chi connectivity index (χ3n) is 2.76. The fourth-order valence-corrected chi connectivity index (χ4v) is 3.66. The molecule has 0 unspecified atom stereocenters. The zero-order valence-electron chi connectivity index (χ0n) is 11.5. The number of hydrogen-bond acceptors (Lipinski definition) is 4. The summed E-state index contributed by atoms with van der Waals surface area (Å²) in [6.07, 6.45) is 3.84. The Kier molecular flexibility index (Phi) is 5.40. The van der Waals surface area contributed by atoms with E-state index in [1.54, 1.807) is 24.4 Å². The fraction of sp³-hybridized carbons (Fsp3) is 0.214. The summed E-state index contributed by atoms with van der Waals surface area (Å²) < 4.78 is 28.5. The van der Waals surface area contributed by atoms with E-state index in [0.717, 1.165) is 9.99 Å². The molecule has 0 bridgehead atoms. The van der Waals surface area contributed by atoms with Gasteiger partial charge in [-0.05, 0) is 47.2 Å². The summed E-state index contributed by atoms with van der Waals surface area (Å²) in [7, 11) is -3.68. The number of benzene rings is 1. The molecule has 0 atom stereocenters. The maximum absolute atomic E-state index is 12.5. The third-order valence-corrected chi connectivity index (χ3v) is 5.09. The zero-order chi connectivity index (χ0) is 15.3. The highest BCUT2D eigenvalue weighted by molar-refractivity contribution is 14.1. The van der Waals surface area contributed by atoms with Gasteiger partial charge in [-0.1, -0.05) is 19.1 Å². The molecule has 2 rings (SSSR count). The van der Waals surface area contributed by atoms with Crippen molar-refractivity contribution >= 4 is 44.0 Å². The highest BCUT2D eigenvalue weighted by Crippen LogP contribution is 2.25. The van der Waals surface area contributed by atoms with E-state index in [1.807, 2.05) is 19.1 Å². The summed E-state index contributed by atoms with van der Waals surface area (Å²) in [6, 6.07) is 8.89. The number of pyridine rings is 1. The van der Waals surface area contributed by atoms with Crippen LogP contribution in [0.25, 0.3) is 0 Å². The summed E-state index contributed by atoms with van der Waals surface area (Å²) in [4.78, 5) is 4.07. The van der Waals surface area contributed by atoms with E-state index in [1.165, 1.54) is 6.20 Å². The van der Waals surface area contributed by atoms with Crippen molar-refractivity contribution in [3.63, 3.8) is 0 Å². The molecular formula is C14H16IN3O2S. The number of rotatable bonds is 6. The highest BCUT2D eigenvalue weighted by Gasteiger charge is 2.19. The van der Waals surface area contributed by atoms with Crippen LogP contribution < -0.4 is 10.0 Å². The minimum atomic E-state index is -3.68. The number of aromatic nitrogens is 1. The molecule has 0 aliphatic rings. The quantitative estimate of drug-likeness (QED) is 0.708. The first-order valence-electron chi connectivity index (χ1n) is 6.50. The van der Waals surface area contributed by atoms with Gasteiger partial charge in [0.25, 0.3) is 10.0 Å². The average molecular weight is 417 g/mol. The first-order chi connectivity index (χ1) is 10.0. The van der Waals surface area contributed by atoms with Crippen molar-refractivity contribution in [1.82, 2.24) is 4.98 Å². The Bertz CT molecular complexity index is 720. The first-order valence-corrected chi connectivity index (χ1v) is 9.06. The van der Waals surface area contributed by atoms with Crippen molar-refractivity contribution in [1.29, 1.82) is 0 Å². The largest absolute Gasteiger partial charge is 0.384 e. The zero-order valence-corrected chi connectivity index (χ0v) is 14.5. The lowest BCUT2D eigenvalue weighted by Crippen LogP contribution is -2.16. The van der Waals surface area contributed by atoms with Gasteiger partial charge >= 0.3 is 0 Å². The number of nitrogens with zero attached hydrogens (tertiary/aromatic N) is 1. The SMILES string of the molecule is CCCNc1ccncc1S(=O)(=O)Nc1ccccc1I. The van der Waals surface area contributed by atoms with Crippen LogP contribution >= 0.6 is 22.6 Å². The smallest absolute Gasteiger partial charge is 0.265 e. The van der Waals surface area contributed by atoms with Crippen LogP contribution in [0.4, 0.5) is 11.4 Å². The maximum Gasteiger partial charge on any atom is 0.265 e. The van der Waals surface area contributed by atoms with E-state index in [0.29, 0.717) is 17.9 Å². The highest BCUT2D eigenvalue weighted by atomic mass is 127. The summed E-state index contributed by atoms with van der Waals surface area (Å²) in [5, 5.41) is 3.11. The van der Waals surface area contributed by atoms with E-state index in [-0.39, 0.29) is 4.90 Å². The van der Waals surface area contributed by atoms with E-state index >= 15 is 0 Å². The second-order valence-corrected chi connectivity index (χ2v) is 7.20. The van der Waals surface area contributed by atoms with Crippen LogP contribution in [-0.4, -0.2) is 19.9 Å². The molecule has 1 aromatic carbocycles. The van der Waals surface area contributed by atoms with Crippen molar-refractivity contribution in [2.75, 3.05) is 16.6 Å². The molecule has 0 amide bonds. The van der Waals surface area contributed by atoms with Crippen LogP contribution in [0.15, 0.2) is 47.6 Å². The van der Waals surface area contributed by atoms with Gasteiger partial charge in [0.05, 0.1) is 11.4 Å². The predicted octanol–water partition coefficient (Wildman–Crippen LogP) is 3.31. The van der Waals surface area contributed by atoms with Gasteiger partial charge in [0.1, 0.15) is 4.90 Å². The van der Waals surface area contributed by atoms with Gasteiger partial charge in [-0.15, -0.1) is 0 Å². The van der Waals surface area contributed by atoms with E-state index < -0.39 is 10.0 Å². The minimum Gasteiger partial charge on any atom is -0.384 e. The van der Waals surface area contributed by atoms with Gasteiger partial charge in [-0.3, -0.25) is 9.71 Å². The van der Waals surface area contributed by atoms with Crippen molar-refractivity contribution in [3.8, 4) is 0 Å². The van der Waals surface area contributed by atoms with Crippen LogP contribution in [0.5, 0.6) is 0 Å². The van der Waals surface area contributed by atoms with Gasteiger partial charge in [0.15, 0.2) is 0 Å². The first kappa shape index (κ1) is 16.0. The van der Waals surface area contributed by atoms with Crippen LogP contribution in [-0.2, 0) is 10.0 Å². The lowest BCUT2D eigenvalue weighted by Gasteiger charge is -2.13. The lowest BCUT2D eigenvalue weighted by atomic mass is 10.3.